The molecule has 1 amide bonds. The predicted octanol–water partition coefficient (Wildman–Crippen LogP) is 1.69. The summed E-state index contributed by atoms with van der Waals surface area (Å²) in [5.74, 6) is 0.0978. The van der Waals surface area contributed by atoms with E-state index in [2.05, 4.69) is 29.6 Å². The molecule has 0 unspecified atom stereocenters. The number of hydrogen-bond acceptors (Lipinski definition) is 5. The van der Waals surface area contributed by atoms with Crippen molar-refractivity contribution in [1.82, 2.24) is 10.2 Å². The zero-order valence-corrected chi connectivity index (χ0v) is 16.5. The van der Waals surface area contributed by atoms with E-state index >= 15 is 0 Å². The Balaban J connectivity index is 0.000000403. The number of carbonyl (C=O) groups excluding carboxylic acids is 1. The third-order valence-corrected chi connectivity index (χ3v) is 5.39. The average Bonchev–Trinajstić information content (AvgIpc) is 3.08. The van der Waals surface area contributed by atoms with Crippen molar-refractivity contribution >= 4 is 22.0 Å². The summed E-state index contributed by atoms with van der Waals surface area (Å²) in [7, 11) is -4.67. The number of amides is 1. The molecule has 9 heteroatoms. The molecule has 2 heterocycles. The minimum atomic E-state index is -4.67. The minimum absolute atomic E-state index is 0.0978. The van der Waals surface area contributed by atoms with Gasteiger partial charge in [-0.2, -0.15) is 8.42 Å². The highest BCUT2D eigenvalue weighted by Gasteiger charge is 2.38. The highest BCUT2D eigenvalue weighted by molar-refractivity contribution is 7.79. The van der Waals surface area contributed by atoms with Crippen molar-refractivity contribution in [1.29, 1.82) is 0 Å². The van der Waals surface area contributed by atoms with E-state index in [-0.39, 0.29) is 11.4 Å². The van der Waals surface area contributed by atoms with Crippen LogP contribution in [0.4, 0.5) is 0 Å². The van der Waals surface area contributed by atoms with Gasteiger partial charge in [-0.1, -0.05) is 37.1 Å². The number of fused-ring (bicyclic) bond motifs is 1. The van der Waals surface area contributed by atoms with Gasteiger partial charge in [0.05, 0.1) is 13.2 Å². The van der Waals surface area contributed by atoms with Crippen LogP contribution in [0.25, 0.3) is 5.70 Å². The fraction of sp³-hybridized carbons (Fsp3) is 0.526. The topological polar surface area (TPSA) is 116 Å². The average molecular weight is 410 g/mol. The summed E-state index contributed by atoms with van der Waals surface area (Å²) in [5, 5.41) is 3.74. The van der Waals surface area contributed by atoms with Crippen LogP contribution in [0.15, 0.2) is 30.3 Å². The molecule has 154 valence electrons. The highest BCUT2D eigenvalue weighted by atomic mass is 32.3. The Morgan fingerprint density at radius 1 is 1.14 bits per heavy atom. The molecular formula is C19H26N2O6S. The molecule has 0 aromatic heterocycles. The normalized spacial score (nSPS) is 22.2. The third kappa shape index (κ3) is 5.54. The number of nitrogens with one attached hydrogen (secondary N) is 1. The molecule has 1 spiro atoms. The maximum Gasteiger partial charge on any atom is 0.394 e. The van der Waals surface area contributed by atoms with Gasteiger partial charge in [0, 0.05) is 36.0 Å². The largest absolute Gasteiger partial charge is 0.394 e. The first-order valence-corrected chi connectivity index (χ1v) is 10.8. The van der Waals surface area contributed by atoms with Crippen LogP contribution in [0.2, 0.25) is 0 Å². The van der Waals surface area contributed by atoms with E-state index in [1.54, 1.807) is 0 Å². The summed E-state index contributed by atoms with van der Waals surface area (Å²) in [4.78, 5) is 14.5. The number of nitrogens with zero attached hydrogens (tertiary/aromatic N) is 1. The lowest BCUT2D eigenvalue weighted by Crippen LogP contribution is -2.47. The molecular weight excluding hydrogens is 384 g/mol. The van der Waals surface area contributed by atoms with Crippen molar-refractivity contribution in [2.24, 2.45) is 0 Å². The Kier molecular flexibility index (Phi) is 6.39. The maximum absolute atomic E-state index is 12.6. The van der Waals surface area contributed by atoms with Crippen LogP contribution in [0.5, 0.6) is 0 Å². The molecule has 2 aliphatic heterocycles. The summed E-state index contributed by atoms with van der Waals surface area (Å²) in [6.45, 7) is 2.66. The fourth-order valence-electron chi connectivity index (χ4n) is 4.16. The number of hydrogen-bond donors (Lipinski definition) is 3. The van der Waals surface area contributed by atoms with Crippen LogP contribution in [0.1, 0.15) is 36.8 Å². The molecule has 8 nitrogen and oxygen atoms in total. The summed E-state index contributed by atoms with van der Waals surface area (Å²) >= 11 is 0. The van der Waals surface area contributed by atoms with Gasteiger partial charge in [0.1, 0.15) is 0 Å². The van der Waals surface area contributed by atoms with Gasteiger partial charge in [-0.3, -0.25) is 13.9 Å². The van der Waals surface area contributed by atoms with Gasteiger partial charge < -0.3 is 15.0 Å². The maximum atomic E-state index is 12.6. The predicted molar refractivity (Wildman–Crippen MR) is 104 cm³/mol. The molecule has 0 bridgehead atoms. The van der Waals surface area contributed by atoms with Gasteiger partial charge in [-0.25, -0.2) is 0 Å². The summed E-state index contributed by atoms with van der Waals surface area (Å²) in [5.41, 5.74) is 3.72. The van der Waals surface area contributed by atoms with Crippen molar-refractivity contribution < 1.29 is 27.1 Å². The Bertz CT molecular complexity index is 832. The SMILES string of the molecule is O=C(/C=C1/NC2(CCCC2)Cc2ccccc21)N1CCOCC1.O=S(=O)(O)O. The van der Waals surface area contributed by atoms with Gasteiger partial charge in [0.25, 0.3) is 0 Å². The van der Waals surface area contributed by atoms with Crippen LogP contribution in [0, 0.1) is 0 Å². The lowest BCUT2D eigenvalue weighted by atomic mass is 9.82. The van der Waals surface area contributed by atoms with Gasteiger partial charge in [0.15, 0.2) is 0 Å². The monoisotopic (exact) mass is 410 g/mol. The standard InChI is InChI=1S/C19H24N2O2.H2O4S/c22-18(21-9-11-23-12-10-21)13-17-16-6-2-1-5-15(16)14-19(20-17)7-3-4-8-19;1-5(2,3)4/h1-2,5-6,13,20H,3-4,7-12,14H2;(H2,1,2,3,4)/b17-13+;. The van der Waals surface area contributed by atoms with Gasteiger partial charge in [-0.15, -0.1) is 0 Å². The Morgan fingerprint density at radius 3 is 2.39 bits per heavy atom. The molecule has 0 atom stereocenters. The lowest BCUT2D eigenvalue weighted by Gasteiger charge is -2.38. The van der Waals surface area contributed by atoms with Crippen molar-refractivity contribution in [2.75, 3.05) is 26.3 Å². The van der Waals surface area contributed by atoms with E-state index in [0.29, 0.717) is 26.3 Å². The first kappa shape index (κ1) is 20.8. The first-order valence-electron chi connectivity index (χ1n) is 9.40. The molecule has 3 aliphatic rings. The number of morpholine rings is 1. The van der Waals surface area contributed by atoms with E-state index in [0.717, 1.165) is 12.1 Å². The molecule has 1 saturated carbocycles. The number of benzene rings is 1. The second-order valence-corrected chi connectivity index (χ2v) is 8.29. The van der Waals surface area contributed by atoms with Gasteiger partial charge >= 0.3 is 10.4 Å². The number of carbonyl (C=O) groups is 1. The molecule has 0 radical (unpaired) electrons. The number of rotatable bonds is 1. The second-order valence-electron chi connectivity index (χ2n) is 7.39. The van der Waals surface area contributed by atoms with Crippen molar-refractivity contribution in [3.8, 4) is 0 Å². The van der Waals surface area contributed by atoms with Crippen LogP contribution in [-0.4, -0.2) is 60.2 Å². The second kappa shape index (κ2) is 8.60. The van der Waals surface area contributed by atoms with E-state index < -0.39 is 10.4 Å². The van der Waals surface area contributed by atoms with Gasteiger partial charge in [-0.05, 0) is 24.8 Å². The Labute approximate surface area is 165 Å². The fourth-order valence-corrected chi connectivity index (χ4v) is 4.16. The van der Waals surface area contributed by atoms with Crippen LogP contribution in [-0.2, 0) is 26.4 Å². The summed E-state index contributed by atoms with van der Waals surface area (Å²) < 4.78 is 36.9. The van der Waals surface area contributed by atoms with Crippen LogP contribution >= 0.6 is 0 Å². The number of ether oxygens (including phenoxy) is 1. The van der Waals surface area contributed by atoms with Crippen molar-refractivity contribution in [3.05, 3.63) is 41.5 Å². The summed E-state index contributed by atoms with van der Waals surface area (Å²) in [6.07, 6.45) is 7.84. The van der Waals surface area contributed by atoms with E-state index in [4.69, 9.17) is 22.3 Å². The zero-order valence-electron chi connectivity index (χ0n) is 15.6. The van der Waals surface area contributed by atoms with E-state index in [9.17, 15) is 4.79 Å². The van der Waals surface area contributed by atoms with Gasteiger partial charge in [0.2, 0.25) is 5.91 Å². The lowest BCUT2D eigenvalue weighted by molar-refractivity contribution is -0.129. The molecule has 3 N–H and O–H groups in total. The van der Waals surface area contributed by atoms with Crippen LogP contribution < -0.4 is 5.32 Å². The Morgan fingerprint density at radius 2 is 1.75 bits per heavy atom. The smallest absolute Gasteiger partial charge is 0.379 e. The molecule has 4 rings (SSSR count). The first-order chi connectivity index (χ1) is 13.3. The Hall–Kier alpha value is -1.94. The summed E-state index contributed by atoms with van der Waals surface area (Å²) in [6, 6.07) is 8.50. The van der Waals surface area contributed by atoms with E-state index in [1.165, 1.54) is 36.8 Å². The van der Waals surface area contributed by atoms with Crippen LogP contribution in [0.3, 0.4) is 0 Å². The third-order valence-electron chi connectivity index (χ3n) is 5.39. The zero-order chi connectivity index (χ0) is 20.2. The van der Waals surface area contributed by atoms with Crippen molar-refractivity contribution in [3.63, 3.8) is 0 Å². The molecule has 1 saturated heterocycles. The molecule has 1 aromatic rings. The molecule has 28 heavy (non-hydrogen) atoms. The molecule has 1 aliphatic carbocycles. The molecule has 2 fully saturated rings. The van der Waals surface area contributed by atoms with E-state index in [1.807, 2.05) is 11.0 Å². The molecule has 1 aromatic carbocycles. The minimum Gasteiger partial charge on any atom is -0.379 e. The quantitative estimate of drug-likeness (QED) is 0.476. The van der Waals surface area contributed by atoms with Crippen molar-refractivity contribution in [2.45, 2.75) is 37.6 Å². The highest BCUT2D eigenvalue weighted by Crippen LogP contribution is 2.39.